The van der Waals surface area contributed by atoms with E-state index in [2.05, 4.69) is 24.1 Å². The highest BCUT2D eigenvalue weighted by Crippen LogP contribution is 2.22. The molecule has 0 aromatic carbocycles. The first-order valence-electron chi connectivity index (χ1n) is 6.41. The maximum absolute atomic E-state index is 10.3. The predicted octanol–water partition coefficient (Wildman–Crippen LogP) is 2.86. The second kappa shape index (κ2) is 5.86. The normalized spacial score (nSPS) is 14.8. The van der Waals surface area contributed by atoms with Crippen LogP contribution in [0.1, 0.15) is 42.3 Å². The Morgan fingerprint density at radius 3 is 2.89 bits per heavy atom. The first kappa shape index (κ1) is 14.2. The number of aromatic nitrogens is 1. The van der Waals surface area contributed by atoms with Crippen molar-refractivity contribution in [3.05, 3.63) is 40.2 Å². The molecule has 4 nitrogen and oxygen atoms in total. The highest BCUT2D eigenvalue weighted by molar-refractivity contribution is 7.11. The molecule has 1 atom stereocenters. The summed E-state index contributed by atoms with van der Waals surface area (Å²) in [5.74, 6) is 1.04. The molecule has 2 aromatic heterocycles. The van der Waals surface area contributed by atoms with E-state index >= 15 is 0 Å². The third-order valence-electron chi connectivity index (χ3n) is 2.89. The number of aliphatic hydroxyl groups is 1. The Kier molecular flexibility index (Phi) is 4.39. The lowest BCUT2D eigenvalue weighted by Gasteiger charge is -2.20. The minimum atomic E-state index is -0.991. The summed E-state index contributed by atoms with van der Waals surface area (Å²) in [6.45, 7) is 7.16. The van der Waals surface area contributed by atoms with E-state index in [1.807, 2.05) is 6.20 Å². The van der Waals surface area contributed by atoms with Crippen molar-refractivity contribution in [2.24, 2.45) is 0 Å². The molecule has 0 amide bonds. The quantitative estimate of drug-likeness (QED) is 0.854. The highest BCUT2D eigenvalue weighted by atomic mass is 32.1. The van der Waals surface area contributed by atoms with Gasteiger partial charge in [-0.25, -0.2) is 4.98 Å². The fraction of sp³-hybridized carbons (Fsp3) is 0.500. The maximum atomic E-state index is 10.3. The van der Waals surface area contributed by atoms with Gasteiger partial charge in [-0.05, 0) is 19.1 Å². The zero-order valence-corrected chi connectivity index (χ0v) is 12.3. The van der Waals surface area contributed by atoms with Crippen molar-refractivity contribution in [1.82, 2.24) is 10.3 Å². The van der Waals surface area contributed by atoms with Crippen LogP contribution in [0, 0.1) is 0 Å². The van der Waals surface area contributed by atoms with E-state index in [-0.39, 0.29) is 0 Å². The van der Waals surface area contributed by atoms with Gasteiger partial charge in [-0.15, -0.1) is 11.3 Å². The highest BCUT2D eigenvalue weighted by Gasteiger charge is 2.25. The number of nitrogens with one attached hydrogen (secondary N) is 1. The Hall–Kier alpha value is -1.17. The topological polar surface area (TPSA) is 58.3 Å². The van der Waals surface area contributed by atoms with Crippen molar-refractivity contribution in [1.29, 1.82) is 0 Å². The zero-order valence-electron chi connectivity index (χ0n) is 11.5. The Morgan fingerprint density at radius 2 is 2.32 bits per heavy atom. The molecule has 2 rings (SSSR count). The van der Waals surface area contributed by atoms with Gasteiger partial charge < -0.3 is 14.8 Å². The lowest BCUT2D eigenvalue weighted by molar-refractivity contribution is 0.0341. The van der Waals surface area contributed by atoms with Gasteiger partial charge in [0.2, 0.25) is 0 Å². The standard InChI is InChI=1S/C14H20N2O2S/c1-10(2)13-16-8-11(19-13)7-15-9-14(3,17)12-5-4-6-18-12/h4-6,8,10,15,17H,7,9H2,1-3H3. The number of furan rings is 1. The molecule has 5 heteroatoms. The summed E-state index contributed by atoms with van der Waals surface area (Å²) in [4.78, 5) is 5.56. The predicted molar refractivity (Wildman–Crippen MR) is 76.2 cm³/mol. The van der Waals surface area contributed by atoms with Crippen LogP contribution < -0.4 is 5.32 Å². The average Bonchev–Trinajstić information content (AvgIpc) is 3.00. The van der Waals surface area contributed by atoms with Crippen LogP contribution in [0.3, 0.4) is 0 Å². The monoisotopic (exact) mass is 280 g/mol. The number of thiazole rings is 1. The molecule has 2 aromatic rings. The Morgan fingerprint density at radius 1 is 1.53 bits per heavy atom. The molecule has 19 heavy (non-hydrogen) atoms. The summed E-state index contributed by atoms with van der Waals surface area (Å²) in [7, 11) is 0. The second-order valence-electron chi connectivity index (χ2n) is 5.17. The van der Waals surface area contributed by atoms with E-state index in [1.165, 1.54) is 4.88 Å². The van der Waals surface area contributed by atoms with Crippen LogP contribution in [-0.2, 0) is 12.1 Å². The molecule has 0 saturated heterocycles. The average molecular weight is 280 g/mol. The number of rotatable bonds is 6. The Labute approximate surface area is 117 Å². The Bertz CT molecular complexity index is 503. The fourth-order valence-electron chi connectivity index (χ4n) is 1.77. The molecular formula is C14H20N2O2S. The molecule has 0 aliphatic heterocycles. The lowest BCUT2D eigenvalue weighted by Crippen LogP contribution is -2.34. The summed E-state index contributed by atoms with van der Waals surface area (Å²) in [5.41, 5.74) is -0.991. The fourth-order valence-corrected chi connectivity index (χ4v) is 2.66. The van der Waals surface area contributed by atoms with E-state index in [9.17, 15) is 5.11 Å². The molecule has 1 unspecified atom stereocenters. The van der Waals surface area contributed by atoms with E-state index in [4.69, 9.17) is 4.42 Å². The molecule has 0 aliphatic carbocycles. The van der Waals surface area contributed by atoms with Crippen molar-refractivity contribution >= 4 is 11.3 Å². The summed E-state index contributed by atoms with van der Waals surface area (Å²) in [6, 6.07) is 3.56. The van der Waals surface area contributed by atoms with Crippen LogP contribution in [-0.4, -0.2) is 16.6 Å². The minimum absolute atomic E-state index is 0.440. The van der Waals surface area contributed by atoms with Crippen molar-refractivity contribution in [3.8, 4) is 0 Å². The van der Waals surface area contributed by atoms with E-state index < -0.39 is 5.60 Å². The van der Waals surface area contributed by atoms with Gasteiger partial charge >= 0.3 is 0 Å². The van der Waals surface area contributed by atoms with Crippen molar-refractivity contribution in [2.75, 3.05) is 6.54 Å². The molecule has 2 heterocycles. The largest absolute Gasteiger partial charge is 0.466 e. The maximum Gasteiger partial charge on any atom is 0.136 e. The van der Waals surface area contributed by atoms with Crippen LogP contribution in [0.15, 0.2) is 29.0 Å². The van der Waals surface area contributed by atoms with E-state index in [0.717, 1.165) is 5.01 Å². The first-order valence-corrected chi connectivity index (χ1v) is 7.22. The van der Waals surface area contributed by atoms with E-state index in [0.29, 0.717) is 24.8 Å². The summed E-state index contributed by atoms with van der Waals surface area (Å²) in [5, 5.41) is 14.7. The Balaban J connectivity index is 1.86. The molecule has 2 N–H and O–H groups in total. The first-order chi connectivity index (χ1) is 8.99. The third kappa shape index (κ3) is 3.65. The van der Waals surface area contributed by atoms with Gasteiger partial charge in [0, 0.05) is 30.1 Å². The number of hydrogen-bond acceptors (Lipinski definition) is 5. The molecule has 0 aliphatic rings. The van der Waals surface area contributed by atoms with Gasteiger partial charge in [-0.3, -0.25) is 0 Å². The molecular weight excluding hydrogens is 260 g/mol. The molecule has 0 spiro atoms. The number of nitrogens with zero attached hydrogens (tertiary/aromatic N) is 1. The van der Waals surface area contributed by atoms with E-state index in [1.54, 1.807) is 36.7 Å². The van der Waals surface area contributed by atoms with Gasteiger partial charge in [0.25, 0.3) is 0 Å². The summed E-state index contributed by atoms with van der Waals surface area (Å²) >= 11 is 1.71. The third-order valence-corrected chi connectivity index (χ3v) is 4.18. The summed E-state index contributed by atoms with van der Waals surface area (Å²) < 4.78 is 5.24. The van der Waals surface area contributed by atoms with Crippen LogP contribution >= 0.6 is 11.3 Å². The van der Waals surface area contributed by atoms with Gasteiger partial charge in [-0.1, -0.05) is 13.8 Å². The lowest BCUT2D eigenvalue weighted by atomic mass is 10.0. The molecule has 104 valence electrons. The molecule has 0 fully saturated rings. The van der Waals surface area contributed by atoms with Crippen LogP contribution in [0.2, 0.25) is 0 Å². The second-order valence-corrected chi connectivity index (χ2v) is 6.32. The van der Waals surface area contributed by atoms with Gasteiger partial charge in [0.05, 0.1) is 11.3 Å². The van der Waals surface area contributed by atoms with Gasteiger partial charge in [0.15, 0.2) is 0 Å². The van der Waals surface area contributed by atoms with Crippen LogP contribution in [0.5, 0.6) is 0 Å². The molecule has 0 saturated carbocycles. The summed E-state index contributed by atoms with van der Waals surface area (Å²) in [6.07, 6.45) is 3.47. The van der Waals surface area contributed by atoms with Crippen LogP contribution in [0.4, 0.5) is 0 Å². The van der Waals surface area contributed by atoms with Gasteiger partial charge in [-0.2, -0.15) is 0 Å². The van der Waals surface area contributed by atoms with Crippen molar-refractivity contribution in [3.63, 3.8) is 0 Å². The SMILES string of the molecule is CC(C)c1ncc(CNCC(C)(O)c2ccco2)s1. The van der Waals surface area contributed by atoms with Crippen LogP contribution in [0.25, 0.3) is 0 Å². The number of hydrogen-bond donors (Lipinski definition) is 2. The van der Waals surface area contributed by atoms with Crippen molar-refractivity contribution < 1.29 is 9.52 Å². The molecule has 0 bridgehead atoms. The minimum Gasteiger partial charge on any atom is -0.466 e. The smallest absolute Gasteiger partial charge is 0.136 e. The zero-order chi connectivity index (χ0) is 13.9. The van der Waals surface area contributed by atoms with Crippen molar-refractivity contribution in [2.45, 2.75) is 38.8 Å². The molecule has 0 radical (unpaired) electrons. The van der Waals surface area contributed by atoms with Gasteiger partial charge in [0.1, 0.15) is 11.4 Å².